The molecule has 0 saturated heterocycles. The molecular formula is C27H42N8O5. The van der Waals surface area contributed by atoms with E-state index in [1.165, 1.54) is 6.33 Å². The van der Waals surface area contributed by atoms with Crippen LogP contribution in [-0.4, -0.2) is 76.0 Å². The third kappa shape index (κ3) is 11.5. The standard InChI is InChI=1S/C27H42N8O5/c28-12-6-4-10-21(33-24(36)20(30)15-19-16-31-17-32-19)25(37)35-23(14-18-8-2-1-3-9-18)26(38)34-22(27(39)40)11-5-7-13-29/h1-3,8-9,16-17,20-23H,4-7,10-15,28-30H2,(H,31,32)(H,33,36)(H,34,38)(H,35,37)(H,39,40). The molecule has 1 aromatic heterocycles. The lowest BCUT2D eigenvalue weighted by molar-refractivity contribution is -0.142. The highest BCUT2D eigenvalue weighted by Gasteiger charge is 2.30. The fourth-order valence-electron chi connectivity index (χ4n) is 4.12. The maximum absolute atomic E-state index is 13.4. The van der Waals surface area contributed by atoms with Crippen molar-refractivity contribution < 1.29 is 24.3 Å². The Bertz CT molecular complexity index is 1050. The molecule has 0 saturated carbocycles. The maximum atomic E-state index is 13.4. The van der Waals surface area contributed by atoms with Crippen molar-refractivity contribution in [1.29, 1.82) is 0 Å². The monoisotopic (exact) mass is 558 g/mol. The summed E-state index contributed by atoms with van der Waals surface area (Å²) in [6.07, 6.45) is 6.19. The molecule has 0 fully saturated rings. The number of hydrogen-bond donors (Lipinski definition) is 8. The molecule has 2 rings (SSSR count). The van der Waals surface area contributed by atoms with Gasteiger partial charge in [0.05, 0.1) is 12.4 Å². The number of nitrogens with two attached hydrogens (primary N) is 3. The van der Waals surface area contributed by atoms with Crippen molar-refractivity contribution in [3.8, 4) is 0 Å². The molecule has 1 aromatic carbocycles. The van der Waals surface area contributed by atoms with Crippen LogP contribution in [0.25, 0.3) is 0 Å². The zero-order chi connectivity index (χ0) is 29.3. The lowest BCUT2D eigenvalue weighted by Gasteiger charge is -2.25. The van der Waals surface area contributed by atoms with E-state index in [4.69, 9.17) is 17.2 Å². The van der Waals surface area contributed by atoms with Crippen LogP contribution in [0.1, 0.15) is 49.8 Å². The van der Waals surface area contributed by atoms with Gasteiger partial charge in [-0.15, -0.1) is 0 Å². The van der Waals surface area contributed by atoms with Crippen LogP contribution in [0.2, 0.25) is 0 Å². The van der Waals surface area contributed by atoms with Crippen LogP contribution in [-0.2, 0) is 32.0 Å². The van der Waals surface area contributed by atoms with E-state index in [2.05, 4.69) is 25.9 Å². The van der Waals surface area contributed by atoms with Gasteiger partial charge in [0, 0.05) is 24.7 Å². The summed E-state index contributed by atoms with van der Waals surface area (Å²) in [5.41, 5.74) is 18.6. The second-order valence-electron chi connectivity index (χ2n) is 9.67. The van der Waals surface area contributed by atoms with Gasteiger partial charge in [0.25, 0.3) is 0 Å². The second kappa shape index (κ2) is 17.7. The Hall–Kier alpha value is -3.81. The number of imidazole rings is 1. The van der Waals surface area contributed by atoms with Crippen molar-refractivity contribution in [3.05, 3.63) is 54.1 Å². The van der Waals surface area contributed by atoms with Gasteiger partial charge in [-0.1, -0.05) is 30.3 Å². The summed E-state index contributed by atoms with van der Waals surface area (Å²) < 4.78 is 0. The fourth-order valence-corrected chi connectivity index (χ4v) is 4.12. The SMILES string of the molecule is NCCCCC(NC(=O)C(Cc1ccccc1)NC(=O)C(CCCCN)NC(=O)C(N)Cc1cnc[nH]1)C(=O)O. The van der Waals surface area contributed by atoms with E-state index in [1.807, 2.05) is 6.07 Å². The Morgan fingerprint density at radius 2 is 1.38 bits per heavy atom. The van der Waals surface area contributed by atoms with E-state index >= 15 is 0 Å². The Morgan fingerprint density at radius 3 is 1.95 bits per heavy atom. The van der Waals surface area contributed by atoms with Gasteiger partial charge in [0.15, 0.2) is 0 Å². The molecule has 0 aliphatic heterocycles. The van der Waals surface area contributed by atoms with Crippen molar-refractivity contribution in [3.63, 3.8) is 0 Å². The summed E-state index contributed by atoms with van der Waals surface area (Å²) in [6, 6.07) is 4.91. The molecular weight excluding hydrogens is 516 g/mol. The molecule has 2 aromatic rings. The van der Waals surface area contributed by atoms with Crippen LogP contribution in [0.5, 0.6) is 0 Å². The van der Waals surface area contributed by atoms with Gasteiger partial charge in [0.1, 0.15) is 18.1 Å². The minimum absolute atomic E-state index is 0.121. The highest BCUT2D eigenvalue weighted by atomic mass is 16.4. The molecule has 220 valence electrons. The number of carboxylic acids is 1. The van der Waals surface area contributed by atoms with Gasteiger partial charge in [-0.2, -0.15) is 0 Å². The van der Waals surface area contributed by atoms with Gasteiger partial charge >= 0.3 is 5.97 Å². The number of aromatic nitrogens is 2. The van der Waals surface area contributed by atoms with Crippen LogP contribution in [0.4, 0.5) is 0 Å². The van der Waals surface area contributed by atoms with E-state index < -0.39 is 47.9 Å². The molecule has 1 heterocycles. The highest BCUT2D eigenvalue weighted by molar-refractivity contribution is 5.94. The Kier molecular flexibility index (Phi) is 14.3. The number of hydrogen-bond acceptors (Lipinski definition) is 8. The number of unbranched alkanes of at least 4 members (excludes halogenated alkanes) is 2. The average molecular weight is 559 g/mol. The zero-order valence-electron chi connectivity index (χ0n) is 22.7. The van der Waals surface area contributed by atoms with Crippen LogP contribution in [0.15, 0.2) is 42.9 Å². The summed E-state index contributed by atoms with van der Waals surface area (Å²) in [4.78, 5) is 58.1. The van der Waals surface area contributed by atoms with E-state index in [-0.39, 0.29) is 25.7 Å². The van der Waals surface area contributed by atoms with E-state index in [0.29, 0.717) is 44.5 Å². The largest absolute Gasteiger partial charge is 0.480 e. The lowest BCUT2D eigenvalue weighted by atomic mass is 10.0. The second-order valence-corrected chi connectivity index (χ2v) is 9.67. The van der Waals surface area contributed by atoms with Gasteiger partial charge < -0.3 is 43.2 Å². The molecule has 13 heteroatoms. The predicted octanol–water partition coefficient (Wildman–Crippen LogP) is -0.681. The third-order valence-electron chi connectivity index (χ3n) is 6.39. The fraction of sp³-hybridized carbons (Fsp3) is 0.519. The first-order valence-corrected chi connectivity index (χ1v) is 13.6. The van der Waals surface area contributed by atoms with E-state index in [0.717, 1.165) is 5.56 Å². The first-order chi connectivity index (χ1) is 19.2. The molecule has 40 heavy (non-hydrogen) atoms. The maximum Gasteiger partial charge on any atom is 0.326 e. The number of amides is 3. The molecule has 3 amide bonds. The number of carbonyl (C=O) groups excluding carboxylic acids is 3. The first kappa shape index (κ1) is 32.4. The molecule has 4 unspecified atom stereocenters. The van der Waals surface area contributed by atoms with Crippen molar-refractivity contribution in [2.45, 2.75) is 75.5 Å². The minimum Gasteiger partial charge on any atom is -0.480 e. The summed E-state index contributed by atoms with van der Waals surface area (Å²) in [7, 11) is 0. The van der Waals surface area contributed by atoms with Gasteiger partial charge in [-0.3, -0.25) is 14.4 Å². The molecule has 4 atom stereocenters. The van der Waals surface area contributed by atoms with E-state index in [9.17, 15) is 24.3 Å². The number of nitrogens with zero attached hydrogens (tertiary/aromatic N) is 1. The van der Waals surface area contributed by atoms with E-state index in [1.54, 1.807) is 30.5 Å². The number of rotatable bonds is 19. The Balaban J connectivity index is 2.17. The van der Waals surface area contributed by atoms with Gasteiger partial charge in [-0.25, -0.2) is 9.78 Å². The molecule has 0 bridgehead atoms. The summed E-state index contributed by atoms with van der Waals surface area (Å²) in [5.74, 6) is -2.92. The number of aromatic amines is 1. The summed E-state index contributed by atoms with van der Waals surface area (Å²) in [6.45, 7) is 0.831. The van der Waals surface area contributed by atoms with Crippen LogP contribution in [0, 0.1) is 0 Å². The number of nitrogens with one attached hydrogen (secondary N) is 4. The Labute approximate surface area is 234 Å². The first-order valence-electron chi connectivity index (χ1n) is 13.6. The number of benzene rings is 1. The number of carboxylic acid groups (broad SMARTS) is 1. The van der Waals surface area contributed by atoms with Gasteiger partial charge in [-0.05, 0) is 57.2 Å². The summed E-state index contributed by atoms with van der Waals surface area (Å²) >= 11 is 0. The number of aliphatic carboxylic acids is 1. The molecule has 0 aliphatic rings. The highest BCUT2D eigenvalue weighted by Crippen LogP contribution is 2.09. The van der Waals surface area contributed by atoms with Crippen molar-refractivity contribution >= 4 is 23.7 Å². The van der Waals surface area contributed by atoms with Crippen LogP contribution < -0.4 is 33.2 Å². The number of H-pyrrole nitrogens is 1. The van der Waals surface area contributed by atoms with Crippen LogP contribution in [0.3, 0.4) is 0 Å². The van der Waals surface area contributed by atoms with Gasteiger partial charge in [0.2, 0.25) is 17.7 Å². The topological polar surface area (TPSA) is 231 Å². The smallest absolute Gasteiger partial charge is 0.326 e. The normalized spacial score (nSPS) is 14.0. The third-order valence-corrected chi connectivity index (χ3v) is 6.39. The zero-order valence-corrected chi connectivity index (χ0v) is 22.7. The quantitative estimate of drug-likeness (QED) is 0.102. The van der Waals surface area contributed by atoms with Crippen molar-refractivity contribution in [1.82, 2.24) is 25.9 Å². The minimum atomic E-state index is -1.17. The lowest BCUT2D eigenvalue weighted by Crippen LogP contribution is -2.57. The molecule has 0 aliphatic carbocycles. The Morgan fingerprint density at radius 1 is 0.800 bits per heavy atom. The molecule has 13 nitrogen and oxygen atoms in total. The molecule has 11 N–H and O–H groups in total. The number of carbonyl (C=O) groups is 4. The molecule has 0 radical (unpaired) electrons. The van der Waals surface area contributed by atoms with Crippen LogP contribution >= 0.6 is 0 Å². The van der Waals surface area contributed by atoms with Crippen molar-refractivity contribution in [2.24, 2.45) is 17.2 Å². The summed E-state index contributed by atoms with van der Waals surface area (Å²) in [5, 5.41) is 17.6. The molecule has 0 spiro atoms. The average Bonchev–Trinajstić information content (AvgIpc) is 3.45. The predicted molar refractivity (Wildman–Crippen MR) is 150 cm³/mol. The van der Waals surface area contributed by atoms with Crippen molar-refractivity contribution in [2.75, 3.05) is 13.1 Å².